The van der Waals surface area contributed by atoms with Gasteiger partial charge in [0.1, 0.15) is 5.75 Å². The molecule has 0 spiro atoms. The number of H-pyrrole nitrogens is 1. The van der Waals surface area contributed by atoms with Crippen molar-refractivity contribution in [1.82, 2.24) is 4.98 Å². The Morgan fingerprint density at radius 3 is 2.26 bits per heavy atom. The lowest BCUT2D eigenvalue weighted by Gasteiger charge is -2.15. The van der Waals surface area contributed by atoms with Crippen LogP contribution in [0.4, 0.5) is 4.79 Å². The van der Waals surface area contributed by atoms with Crippen LogP contribution in [0.5, 0.6) is 28.9 Å². The number of hydrogen-bond acceptors (Lipinski definition) is 7. The highest BCUT2D eigenvalue weighted by atomic mass is 16.7. The van der Waals surface area contributed by atoms with E-state index in [1.54, 1.807) is 40.4 Å². The quantitative estimate of drug-likeness (QED) is 0.469. The molecule has 3 aromatic rings. The Bertz CT molecular complexity index is 1030. The minimum atomic E-state index is -0.801. The van der Waals surface area contributed by atoms with Crippen molar-refractivity contribution < 1.29 is 33.2 Å². The third kappa shape index (κ3) is 4.63. The fourth-order valence-electron chi connectivity index (χ4n) is 3.28. The predicted octanol–water partition coefficient (Wildman–Crippen LogP) is 5.18. The molecule has 0 atom stereocenters. The van der Waals surface area contributed by atoms with Gasteiger partial charge in [-0.1, -0.05) is 6.92 Å². The molecule has 0 saturated heterocycles. The minimum Gasteiger partial charge on any atom is -0.494 e. The van der Waals surface area contributed by atoms with Crippen molar-refractivity contribution in [3.8, 4) is 40.0 Å². The third-order valence-corrected chi connectivity index (χ3v) is 4.61. The zero-order valence-electron chi connectivity index (χ0n) is 18.4. The summed E-state index contributed by atoms with van der Waals surface area (Å²) in [5.74, 6) is 2.38. The molecule has 31 heavy (non-hydrogen) atoms. The van der Waals surface area contributed by atoms with Gasteiger partial charge in [-0.3, -0.25) is 0 Å². The second kappa shape index (κ2) is 9.97. The average Bonchev–Trinajstić information content (AvgIpc) is 3.13. The molecule has 1 N–H and O–H groups in total. The van der Waals surface area contributed by atoms with Crippen LogP contribution in [-0.2, 0) is 4.74 Å². The van der Waals surface area contributed by atoms with Gasteiger partial charge in [-0.25, -0.2) is 4.79 Å². The lowest BCUT2D eigenvalue weighted by atomic mass is 10.0. The third-order valence-electron chi connectivity index (χ3n) is 4.61. The van der Waals surface area contributed by atoms with Gasteiger partial charge in [0.15, 0.2) is 11.5 Å². The summed E-state index contributed by atoms with van der Waals surface area (Å²) in [6.07, 6.45) is 0.0903. The van der Waals surface area contributed by atoms with Crippen LogP contribution in [0.2, 0.25) is 0 Å². The summed E-state index contributed by atoms with van der Waals surface area (Å²) in [6, 6.07) is 9.22. The maximum atomic E-state index is 12.1. The molecule has 0 unspecified atom stereocenters. The van der Waals surface area contributed by atoms with Crippen LogP contribution >= 0.6 is 0 Å². The zero-order valence-corrected chi connectivity index (χ0v) is 18.4. The number of aromatic amines is 1. The van der Waals surface area contributed by atoms with E-state index in [0.29, 0.717) is 40.7 Å². The number of carbonyl (C=O) groups excluding carboxylic acids is 1. The minimum absolute atomic E-state index is 0.202. The maximum absolute atomic E-state index is 12.1. The van der Waals surface area contributed by atoms with Gasteiger partial charge in [0.2, 0.25) is 11.6 Å². The Morgan fingerprint density at radius 2 is 1.68 bits per heavy atom. The number of carbonyl (C=O) groups is 1. The summed E-state index contributed by atoms with van der Waals surface area (Å²) in [4.78, 5) is 15.2. The van der Waals surface area contributed by atoms with E-state index in [-0.39, 0.29) is 12.5 Å². The van der Waals surface area contributed by atoms with Gasteiger partial charge in [0.05, 0.1) is 40.1 Å². The number of rotatable bonds is 9. The van der Waals surface area contributed by atoms with Gasteiger partial charge in [-0.15, -0.1) is 0 Å². The van der Waals surface area contributed by atoms with E-state index in [9.17, 15) is 4.79 Å². The highest BCUT2D eigenvalue weighted by Crippen LogP contribution is 2.46. The van der Waals surface area contributed by atoms with E-state index in [4.69, 9.17) is 28.4 Å². The standard InChI is InChI=1S/C23H27NO7/c1-6-10-30-15-8-9-17-16(13-15)20(22(24-17)31-23(25)29-7-2)14-11-18(26-3)21(28-5)19(12-14)27-4/h8-9,11-13,24H,6-7,10H2,1-5H3. The van der Waals surface area contributed by atoms with Crippen LogP contribution < -0.4 is 23.7 Å². The smallest absolute Gasteiger partial charge is 0.494 e. The van der Waals surface area contributed by atoms with E-state index in [2.05, 4.69) is 4.98 Å². The molecule has 8 heteroatoms. The number of aromatic nitrogens is 1. The molecule has 0 amide bonds. The highest BCUT2D eigenvalue weighted by Gasteiger charge is 2.22. The van der Waals surface area contributed by atoms with Gasteiger partial charge < -0.3 is 33.4 Å². The molecule has 166 valence electrons. The second-order valence-corrected chi connectivity index (χ2v) is 6.58. The maximum Gasteiger partial charge on any atom is 0.515 e. The SMILES string of the molecule is CCCOc1ccc2[nH]c(OC(=O)OCC)c(-c3cc(OC)c(OC)c(OC)c3)c2c1. The molecule has 0 bridgehead atoms. The van der Waals surface area contributed by atoms with Gasteiger partial charge in [-0.2, -0.15) is 0 Å². The van der Waals surface area contributed by atoms with E-state index in [1.165, 1.54) is 0 Å². The van der Waals surface area contributed by atoms with Crippen molar-refractivity contribution in [2.75, 3.05) is 34.5 Å². The fraction of sp³-hybridized carbons (Fsp3) is 0.348. The summed E-state index contributed by atoms with van der Waals surface area (Å²) < 4.78 is 32.6. The van der Waals surface area contributed by atoms with Crippen LogP contribution in [0, 0.1) is 0 Å². The summed E-state index contributed by atoms with van der Waals surface area (Å²) in [7, 11) is 4.63. The number of ether oxygens (including phenoxy) is 6. The predicted molar refractivity (Wildman–Crippen MR) is 117 cm³/mol. The van der Waals surface area contributed by atoms with Crippen molar-refractivity contribution >= 4 is 17.1 Å². The molecule has 0 aliphatic rings. The normalized spacial score (nSPS) is 10.6. The topological polar surface area (TPSA) is 88.2 Å². The van der Waals surface area contributed by atoms with E-state index in [1.807, 2.05) is 25.1 Å². The Balaban J connectivity index is 2.23. The summed E-state index contributed by atoms with van der Waals surface area (Å²) in [6.45, 7) is 4.56. The number of benzene rings is 2. The van der Waals surface area contributed by atoms with Gasteiger partial charge in [-0.05, 0) is 49.2 Å². The largest absolute Gasteiger partial charge is 0.515 e. The van der Waals surface area contributed by atoms with Crippen molar-refractivity contribution in [2.45, 2.75) is 20.3 Å². The van der Waals surface area contributed by atoms with E-state index < -0.39 is 6.16 Å². The Morgan fingerprint density at radius 1 is 0.968 bits per heavy atom. The first-order valence-electron chi connectivity index (χ1n) is 9.99. The molecule has 1 aromatic heterocycles. The first-order valence-corrected chi connectivity index (χ1v) is 9.99. The zero-order chi connectivity index (χ0) is 22.4. The fourth-order valence-corrected chi connectivity index (χ4v) is 3.28. The molecule has 0 aliphatic heterocycles. The van der Waals surface area contributed by atoms with Gasteiger partial charge >= 0.3 is 6.16 Å². The monoisotopic (exact) mass is 429 g/mol. The van der Waals surface area contributed by atoms with Crippen molar-refractivity contribution in [1.29, 1.82) is 0 Å². The number of nitrogens with one attached hydrogen (secondary N) is 1. The first-order chi connectivity index (χ1) is 15.1. The van der Waals surface area contributed by atoms with E-state index in [0.717, 1.165) is 17.3 Å². The van der Waals surface area contributed by atoms with Crippen LogP contribution in [0.1, 0.15) is 20.3 Å². The first kappa shape index (κ1) is 22.1. The van der Waals surface area contributed by atoms with Gasteiger partial charge in [0.25, 0.3) is 0 Å². The van der Waals surface area contributed by atoms with Crippen molar-refractivity contribution in [3.63, 3.8) is 0 Å². The number of fused-ring (bicyclic) bond motifs is 1. The van der Waals surface area contributed by atoms with Crippen molar-refractivity contribution in [3.05, 3.63) is 30.3 Å². The Kier molecular flexibility index (Phi) is 7.12. The molecule has 3 rings (SSSR count). The van der Waals surface area contributed by atoms with Crippen LogP contribution in [0.25, 0.3) is 22.0 Å². The van der Waals surface area contributed by atoms with Crippen LogP contribution in [0.3, 0.4) is 0 Å². The molecule has 0 radical (unpaired) electrons. The molecule has 2 aromatic carbocycles. The number of methoxy groups -OCH3 is 3. The lowest BCUT2D eigenvalue weighted by molar-refractivity contribution is 0.103. The molecule has 8 nitrogen and oxygen atoms in total. The number of hydrogen-bond donors (Lipinski definition) is 1. The second-order valence-electron chi connectivity index (χ2n) is 6.58. The highest BCUT2D eigenvalue weighted by molar-refractivity contribution is 6.01. The Hall–Kier alpha value is -3.55. The molecule has 1 heterocycles. The summed E-state index contributed by atoms with van der Waals surface area (Å²) >= 11 is 0. The molecular formula is C23H27NO7. The molecule has 0 fully saturated rings. The molecule has 0 aliphatic carbocycles. The van der Waals surface area contributed by atoms with Crippen LogP contribution in [0.15, 0.2) is 30.3 Å². The Labute approximate surface area is 181 Å². The average molecular weight is 429 g/mol. The summed E-state index contributed by atoms with van der Waals surface area (Å²) in [5.41, 5.74) is 2.11. The molecule has 0 saturated carbocycles. The van der Waals surface area contributed by atoms with Gasteiger partial charge in [0, 0.05) is 10.9 Å². The molecular weight excluding hydrogens is 402 g/mol. The van der Waals surface area contributed by atoms with E-state index >= 15 is 0 Å². The van der Waals surface area contributed by atoms with Crippen molar-refractivity contribution in [2.24, 2.45) is 0 Å². The summed E-state index contributed by atoms with van der Waals surface area (Å²) in [5, 5.41) is 0.808. The van der Waals surface area contributed by atoms with Crippen LogP contribution in [-0.4, -0.2) is 45.7 Å². The lowest BCUT2D eigenvalue weighted by Crippen LogP contribution is -2.10.